The maximum Gasteiger partial charge on any atom is 0.225 e. The predicted octanol–water partition coefficient (Wildman–Crippen LogP) is -0.470. The average Bonchev–Trinajstić information content (AvgIpc) is 2.69. The molecule has 6 nitrogen and oxygen atoms in total. The Kier molecular flexibility index (Phi) is 4.55. The SMILES string of the molecule is CNC(=O)C1CN(C)CCN(Cc2cncn2C)C1. The lowest BCUT2D eigenvalue weighted by Crippen LogP contribution is -2.39. The summed E-state index contributed by atoms with van der Waals surface area (Å²) in [7, 11) is 5.78. The summed E-state index contributed by atoms with van der Waals surface area (Å²) in [5, 5.41) is 2.76. The van der Waals surface area contributed by atoms with Crippen LogP contribution in [0.5, 0.6) is 0 Å². The normalized spacial score (nSPS) is 22.2. The summed E-state index contributed by atoms with van der Waals surface area (Å²) in [4.78, 5) is 20.6. The van der Waals surface area contributed by atoms with Crippen LogP contribution < -0.4 is 5.32 Å². The molecule has 106 valence electrons. The molecule has 1 saturated heterocycles. The van der Waals surface area contributed by atoms with Crippen LogP contribution in [0, 0.1) is 5.92 Å². The Balaban J connectivity index is 2.04. The molecular weight excluding hydrogens is 242 g/mol. The summed E-state index contributed by atoms with van der Waals surface area (Å²) >= 11 is 0. The first-order valence-corrected chi connectivity index (χ1v) is 6.68. The lowest BCUT2D eigenvalue weighted by molar-refractivity contribution is -0.125. The number of aryl methyl sites for hydroxylation is 1. The van der Waals surface area contributed by atoms with E-state index in [0.717, 1.165) is 32.7 Å². The zero-order valence-electron chi connectivity index (χ0n) is 12.0. The van der Waals surface area contributed by atoms with Crippen LogP contribution in [0.4, 0.5) is 0 Å². The number of rotatable bonds is 3. The van der Waals surface area contributed by atoms with Crippen molar-refractivity contribution >= 4 is 5.91 Å². The first-order valence-electron chi connectivity index (χ1n) is 6.68. The monoisotopic (exact) mass is 265 g/mol. The van der Waals surface area contributed by atoms with Crippen LogP contribution >= 0.6 is 0 Å². The van der Waals surface area contributed by atoms with Crippen molar-refractivity contribution in [3.63, 3.8) is 0 Å². The lowest BCUT2D eigenvalue weighted by atomic mass is 10.1. The van der Waals surface area contributed by atoms with Gasteiger partial charge in [0.05, 0.1) is 17.9 Å². The van der Waals surface area contributed by atoms with Gasteiger partial charge in [0.25, 0.3) is 0 Å². The van der Waals surface area contributed by atoms with E-state index in [2.05, 4.69) is 27.1 Å². The molecule has 6 heteroatoms. The van der Waals surface area contributed by atoms with E-state index in [1.54, 1.807) is 7.05 Å². The van der Waals surface area contributed by atoms with Gasteiger partial charge in [-0.3, -0.25) is 9.69 Å². The number of nitrogens with zero attached hydrogens (tertiary/aromatic N) is 4. The van der Waals surface area contributed by atoms with Gasteiger partial charge in [0, 0.05) is 53.0 Å². The molecule has 0 aliphatic carbocycles. The van der Waals surface area contributed by atoms with Crippen LogP contribution in [0.2, 0.25) is 0 Å². The van der Waals surface area contributed by atoms with Gasteiger partial charge in [0.2, 0.25) is 5.91 Å². The van der Waals surface area contributed by atoms with E-state index < -0.39 is 0 Å². The number of likely N-dealkylation sites (N-methyl/N-ethyl adjacent to an activating group) is 1. The van der Waals surface area contributed by atoms with Gasteiger partial charge in [-0.05, 0) is 7.05 Å². The highest BCUT2D eigenvalue weighted by Gasteiger charge is 2.26. The summed E-state index contributed by atoms with van der Waals surface area (Å²) in [6.07, 6.45) is 3.71. The highest BCUT2D eigenvalue weighted by Crippen LogP contribution is 2.12. The third-order valence-corrected chi connectivity index (χ3v) is 3.73. The van der Waals surface area contributed by atoms with E-state index in [9.17, 15) is 4.79 Å². The molecule has 1 aliphatic rings. The fraction of sp³-hybridized carbons (Fsp3) is 0.692. The summed E-state index contributed by atoms with van der Waals surface area (Å²) in [6.45, 7) is 4.44. The van der Waals surface area contributed by atoms with Gasteiger partial charge in [0.1, 0.15) is 0 Å². The molecule has 1 unspecified atom stereocenters. The standard InChI is InChI=1S/C13H23N5O/c1-14-13(19)11-7-16(2)4-5-18(8-11)9-12-6-15-10-17(12)3/h6,10-11H,4-5,7-9H2,1-3H3,(H,14,19). The number of hydrogen-bond acceptors (Lipinski definition) is 4. The largest absolute Gasteiger partial charge is 0.359 e. The molecule has 1 aromatic rings. The number of carbonyl (C=O) groups excluding carboxylic acids is 1. The fourth-order valence-electron chi connectivity index (χ4n) is 2.52. The molecule has 2 rings (SSSR count). The Labute approximate surface area is 114 Å². The van der Waals surface area contributed by atoms with Crippen LogP contribution in [0.3, 0.4) is 0 Å². The van der Waals surface area contributed by atoms with Crippen LogP contribution in [0.15, 0.2) is 12.5 Å². The molecule has 0 bridgehead atoms. The number of imidazole rings is 1. The van der Waals surface area contributed by atoms with Gasteiger partial charge in [-0.25, -0.2) is 4.98 Å². The molecule has 0 saturated carbocycles. The summed E-state index contributed by atoms with van der Waals surface area (Å²) < 4.78 is 2.03. The van der Waals surface area contributed by atoms with Gasteiger partial charge in [0.15, 0.2) is 0 Å². The second-order valence-corrected chi connectivity index (χ2v) is 5.30. The quantitative estimate of drug-likeness (QED) is 0.803. The highest BCUT2D eigenvalue weighted by molar-refractivity contribution is 5.78. The van der Waals surface area contributed by atoms with Crippen molar-refractivity contribution in [2.24, 2.45) is 13.0 Å². The van der Waals surface area contributed by atoms with Crippen LogP contribution in [0.25, 0.3) is 0 Å². The molecule has 19 heavy (non-hydrogen) atoms. The zero-order chi connectivity index (χ0) is 13.8. The highest BCUT2D eigenvalue weighted by atomic mass is 16.1. The Morgan fingerprint density at radius 1 is 1.42 bits per heavy atom. The Morgan fingerprint density at radius 2 is 2.21 bits per heavy atom. The van der Waals surface area contributed by atoms with E-state index in [1.807, 2.05) is 24.1 Å². The average molecular weight is 265 g/mol. The van der Waals surface area contributed by atoms with Crippen molar-refractivity contribution in [1.82, 2.24) is 24.7 Å². The molecule has 1 aromatic heterocycles. The third-order valence-electron chi connectivity index (χ3n) is 3.73. The van der Waals surface area contributed by atoms with Gasteiger partial charge in [-0.1, -0.05) is 0 Å². The molecule has 0 radical (unpaired) electrons. The Morgan fingerprint density at radius 3 is 2.84 bits per heavy atom. The van der Waals surface area contributed by atoms with Gasteiger partial charge < -0.3 is 14.8 Å². The van der Waals surface area contributed by atoms with Gasteiger partial charge >= 0.3 is 0 Å². The third kappa shape index (κ3) is 3.54. The lowest BCUT2D eigenvalue weighted by Gasteiger charge is -2.22. The van der Waals surface area contributed by atoms with Crippen molar-refractivity contribution in [1.29, 1.82) is 0 Å². The first kappa shape index (κ1) is 14.0. The smallest absolute Gasteiger partial charge is 0.225 e. The van der Waals surface area contributed by atoms with E-state index >= 15 is 0 Å². The molecule has 1 amide bonds. The number of aromatic nitrogens is 2. The summed E-state index contributed by atoms with van der Waals surface area (Å²) in [5.74, 6) is 0.162. The second kappa shape index (κ2) is 6.16. The van der Waals surface area contributed by atoms with Crippen molar-refractivity contribution < 1.29 is 4.79 Å². The molecule has 0 spiro atoms. The van der Waals surface area contributed by atoms with Crippen LogP contribution in [-0.2, 0) is 18.4 Å². The maximum atomic E-state index is 11.9. The van der Waals surface area contributed by atoms with E-state index in [1.165, 1.54) is 5.69 Å². The molecule has 1 aliphatic heterocycles. The zero-order valence-corrected chi connectivity index (χ0v) is 12.0. The molecular formula is C13H23N5O. The van der Waals surface area contributed by atoms with Crippen LogP contribution in [0.1, 0.15) is 5.69 Å². The minimum absolute atomic E-state index is 0.0331. The number of nitrogens with one attached hydrogen (secondary N) is 1. The summed E-state index contributed by atoms with van der Waals surface area (Å²) in [6, 6.07) is 0. The van der Waals surface area contributed by atoms with Crippen LogP contribution in [-0.4, -0.2) is 65.5 Å². The van der Waals surface area contributed by atoms with E-state index in [-0.39, 0.29) is 11.8 Å². The van der Waals surface area contributed by atoms with Crippen molar-refractivity contribution in [2.45, 2.75) is 6.54 Å². The number of carbonyl (C=O) groups is 1. The second-order valence-electron chi connectivity index (χ2n) is 5.30. The van der Waals surface area contributed by atoms with Crippen molar-refractivity contribution in [2.75, 3.05) is 40.3 Å². The maximum absolute atomic E-state index is 11.9. The van der Waals surface area contributed by atoms with E-state index in [0.29, 0.717) is 0 Å². The fourth-order valence-corrected chi connectivity index (χ4v) is 2.52. The molecule has 1 fully saturated rings. The Hall–Kier alpha value is -1.40. The molecule has 1 N–H and O–H groups in total. The number of hydrogen-bond donors (Lipinski definition) is 1. The summed E-state index contributed by atoms with van der Waals surface area (Å²) in [5.41, 5.74) is 1.18. The van der Waals surface area contributed by atoms with Crippen molar-refractivity contribution in [3.8, 4) is 0 Å². The van der Waals surface area contributed by atoms with Gasteiger partial charge in [-0.2, -0.15) is 0 Å². The van der Waals surface area contributed by atoms with E-state index in [4.69, 9.17) is 0 Å². The molecule has 2 heterocycles. The number of amides is 1. The van der Waals surface area contributed by atoms with Gasteiger partial charge in [-0.15, -0.1) is 0 Å². The first-order chi connectivity index (χ1) is 9.10. The van der Waals surface area contributed by atoms with Crippen molar-refractivity contribution in [3.05, 3.63) is 18.2 Å². The predicted molar refractivity (Wildman–Crippen MR) is 73.5 cm³/mol. The molecule has 0 aromatic carbocycles. The minimum Gasteiger partial charge on any atom is -0.359 e. The Bertz CT molecular complexity index is 430. The molecule has 1 atom stereocenters. The minimum atomic E-state index is 0.0331. The topological polar surface area (TPSA) is 53.4 Å².